The van der Waals surface area contributed by atoms with E-state index < -0.39 is 0 Å². The predicted octanol–water partition coefficient (Wildman–Crippen LogP) is 3.41. The Hall–Kier alpha value is -1.75. The molecule has 0 bridgehead atoms. The highest BCUT2D eigenvalue weighted by molar-refractivity contribution is 7.09. The van der Waals surface area contributed by atoms with E-state index in [1.807, 2.05) is 11.4 Å². The second kappa shape index (κ2) is 6.35. The molecule has 21 heavy (non-hydrogen) atoms. The van der Waals surface area contributed by atoms with E-state index in [0.717, 1.165) is 11.3 Å². The van der Waals surface area contributed by atoms with Gasteiger partial charge in [0.15, 0.2) is 0 Å². The van der Waals surface area contributed by atoms with Crippen LogP contribution in [0.2, 0.25) is 0 Å². The second-order valence-corrected chi connectivity index (χ2v) is 6.25. The van der Waals surface area contributed by atoms with Crippen LogP contribution in [0.25, 0.3) is 0 Å². The molecule has 1 fully saturated rings. The minimum atomic E-state index is -0.261. The van der Waals surface area contributed by atoms with E-state index in [0.29, 0.717) is 25.3 Å². The molecule has 1 amide bonds. The Morgan fingerprint density at radius 2 is 2.29 bits per heavy atom. The molecular weight excluding hydrogens is 287 g/mol. The highest BCUT2D eigenvalue weighted by atomic mass is 32.1. The highest BCUT2D eigenvalue weighted by Crippen LogP contribution is 2.41. The van der Waals surface area contributed by atoms with E-state index in [1.54, 1.807) is 17.4 Å². The minimum absolute atomic E-state index is 0.0276. The van der Waals surface area contributed by atoms with Crippen molar-refractivity contribution < 1.29 is 9.18 Å². The van der Waals surface area contributed by atoms with Gasteiger partial charge in [0, 0.05) is 17.7 Å². The standard InChI is InChI=1S/C16H17FN2OS/c17-13-3-1-2-11(8-13)4-7-15(20)18-9-14-10-21-16(19-14)12-5-6-12/h1-3,8,10,12H,4-7,9H2,(H,18,20). The quantitative estimate of drug-likeness (QED) is 0.888. The Morgan fingerprint density at radius 1 is 1.43 bits per heavy atom. The Labute approximate surface area is 127 Å². The maximum atomic E-state index is 13.0. The summed E-state index contributed by atoms with van der Waals surface area (Å²) in [6, 6.07) is 6.37. The van der Waals surface area contributed by atoms with Crippen LogP contribution in [-0.2, 0) is 17.8 Å². The number of hydrogen-bond donors (Lipinski definition) is 1. The summed E-state index contributed by atoms with van der Waals surface area (Å²) in [6.07, 6.45) is 3.40. The lowest BCUT2D eigenvalue weighted by molar-refractivity contribution is -0.121. The number of thiazole rings is 1. The molecule has 1 N–H and O–H groups in total. The molecule has 110 valence electrons. The zero-order valence-electron chi connectivity index (χ0n) is 11.6. The van der Waals surface area contributed by atoms with Crippen LogP contribution >= 0.6 is 11.3 Å². The van der Waals surface area contributed by atoms with Gasteiger partial charge in [-0.2, -0.15) is 0 Å². The zero-order valence-corrected chi connectivity index (χ0v) is 12.5. The number of carbonyl (C=O) groups is 1. The van der Waals surface area contributed by atoms with Crippen LogP contribution in [0.3, 0.4) is 0 Å². The molecule has 1 aromatic carbocycles. The highest BCUT2D eigenvalue weighted by Gasteiger charge is 2.26. The SMILES string of the molecule is O=C(CCc1cccc(F)c1)NCc1csc(C2CC2)n1. The first-order valence-corrected chi connectivity index (χ1v) is 8.04. The van der Waals surface area contributed by atoms with Gasteiger partial charge < -0.3 is 5.32 Å². The summed E-state index contributed by atoms with van der Waals surface area (Å²) in [6.45, 7) is 0.477. The molecule has 1 saturated carbocycles. The number of rotatable bonds is 6. The summed E-state index contributed by atoms with van der Waals surface area (Å²) in [5.74, 6) is 0.371. The van der Waals surface area contributed by atoms with Gasteiger partial charge in [0.2, 0.25) is 5.91 Å². The monoisotopic (exact) mass is 304 g/mol. The lowest BCUT2D eigenvalue weighted by atomic mass is 10.1. The number of aryl methyl sites for hydroxylation is 1. The molecule has 1 aliphatic carbocycles. The minimum Gasteiger partial charge on any atom is -0.350 e. The van der Waals surface area contributed by atoms with Crippen molar-refractivity contribution in [1.29, 1.82) is 0 Å². The summed E-state index contributed by atoms with van der Waals surface area (Å²) in [5, 5.41) is 6.08. The van der Waals surface area contributed by atoms with Crippen molar-refractivity contribution in [2.75, 3.05) is 0 Å². The first-order valence-electron chi connectivity index (χ1n) is 7.16. The number of nitrogens with one attached hydrogen (secondary N) is 1. The molecule has 0 spiro atoms. The van der Waals surface area contributed by atoms with Crippen molar-refractivity contribution in [3.05, 3.63) is 51.7 Å². The summed E-state index contributed by atoms with van der Waals surface area (Å²) in [7, 11) is 0. The fraction of sp³-hybridized carbons (Fsp3) is 0.375. The predicted molar refractivity (Wildman–Crippen MR) is 80.7 cm³/mol. The maximum absolute atomic E-state index is 13.0. The summed E-state index contributed by atoms with van der Waals surface area (Å²) >= 11 is 1.68. The summed E-state index contributed by atoms with van der Waals surface area (Å²) < 4.78 is 13.0. The molecule has 3 nitrogen and oxygen atoms in total. The lowest BCUT2D eigenvalue weighted by Gasteiger charge is -2.04. The fourth-order valence-electron chi connectivity index (χ4n) is 2.15. The molecule has 0 aliphatic heterocycles. The number of halogens is 1. The lowest BCUT2D eigenvalue weighted by Crippen LogP contribution is -2.23. The molecule has 0 radical (unpaired) electrons. The van der Waals surface area contributed by atoms with E-state index >= 15 is 0 Å². The molecule has 1 aliphatic rings. The summed E-state index contributed by atoms with van der Waals surface area (Å²) in [4.78, 5) is 16.3. The van der Waals surface area contributed by atoms with Gasteiger partial charge in [0.1, 0.15) is 5.82 Å². The van der Waals surface area contributed by atoms with Crippen LogP contribution in [0.4, 0.5) is 4.39 Å². The Kier molecular flexibility index (Phi) is 4.29. The zero-order chi connectivity index (χ0) is 14.7. The van der Waals surface area contributed by atoms with E-state index in [2.05, 4.69) is 10.3 Å². The number of benzene rings is 1. The van der Waals surface area contributed by atoms with Crippen molar-refractivity contribution in [3.8, 4) is 0 Å². The van der Waals surface area contributed by atoms with Gasteiger partial charge in [-0.1, -0.05) is 12.1 Å². The van der Waals surface area contributed by atoms with Crippen molar-refractivity contribution in [1.82, 2.24) is 10.3 Å². The van der Waals surface area contributed by atoms with Crippen LogP contribution in [-0.4, -0.2) is 10.9 Å². The van der Waals surface area contributed by atoms with Gasteiger partial charge in [-0.05, 0) is 37.0 Å². The molecular formula is C16H17FN2OS. The van der Waals surface area contributed by atoms with E-state index in [1.165, 1.54) is 30.0 Å². The third-order valence-electron chi connectivity index (χ3n) is 3.49. The van der Waals surface area contributed by atoms with Crippen LogP contribution < -0.4 is 5.32 Å². The number of nitrogens with zero attached hydrogens (tertiary/aromatic N) is 1. The van der Waals surface area contributed by atoms with Crippen LogP contribution in [0.15, 0.2) is 29.6 Å². The Bertz CT molecular complexity index is 637. The Morgan fingerprint density at radius 3 is 3.05 bits per heavy atom. The topological polar surface area (TPSA) is 42.0 Å². The van der Waals surface area contributed by atoms with Crippen LogP contribution in [0.1, 0.15) is 41.4 Å². The average molecular weight is 304 g/mol. The van der Waals surface area contributed by atoms with Crippen LogP contribution in [0, 0.1) is 5.82 Å². The van der Waals surface area contributed by atoms with Gasteiger partial charge in [0.05, 0.1) is 17.2 Å². The van der Waals surface area contributed by atoms with E-state index in [4.69, 9.17) is 0 Å². The number of carbonyl (C=O) groups excluding carboxylic acids is 1. The van der Waals surface area contributed by atoms with Crippen molar-refractivity contribution in [2.24, 2.45) is 0 Å². The first-order chi connectivity index (χ1) is 10.2. The smallest absolute Gasteiger partial charge is 0.220 e. The normalized spacial score (nSPS) is 14.1. The van der Waals surface area contributed by atoms with Crippen LogP contribution in [0.5, 0.6) is 0 Å². The molecule has 5 heteroatoms. The second-order valence-electron chi connectivity index (χ2n) is 5.36. The molecule has 0 unspecified atom stereocenters. The van der Waals surface area contributed by atoms with Gasteiger partial charge in [-0.25, -0.2) is 9.37 Å². The number of hydrogen-bond acceptors (Lipinski definition) is 3. The maximum Gasteiger partial charge on any atom is 0.220 e. The van der Waals surface area contributed by atoms with Gasteiger partial charge in [0.25, 0.3) is 0 Å². The third kappa shape index (κ3) is 4.11. The van der Waals surface area contributed by atoms with Crippen molar-refractivity contribution in [3.63, 3.8) is 0 Å². The average Bonchev–Trinajstić information content (AvgIpc) is 3.22. The third-order valence-corrected chi connectivity index (χ3v) is 4.55. The Balaban J connectivity index is 1.43. The molecule has 0 atom stereocenters. The summed E-state index contributed by atoms with van der Waals surface area (Å²) in [5.41, 5.74) is 1.77. The number of amides is 1. The molecule has 2 aromatic rings. The van der Waals surface area contributed by atoms with E-state index in [-0.39, 0.29) is 11.7 Å². The van der Waals surface area contributed by atoms with E-state index in [9.17, 15) is 9.18 Å². The fourth-order valence-corrected chi connectivity index (χ4v) is 3.14. The largest absolute Gasteiger partial charge is 0.350 e. The number of aromatic nitrogens is 1. The molecule has 1 aromatic heterocycles. The van der Waals surface area contributed by atoms with Crippen molar-refractivity contribution in [2.45, 2.75) is 38.1 Å². The first kappa shape index (κ1) is 14.2. The van der Waals surface area contributed by atoms with Gasteiger partial charge in [-0.3, -0.25) is 4.79 Å². The molecule has 0 saturated heterocycles. The molecule has 1 heterocycles. The van der Waals surface area contributed by atoms with Gasteiger partial charge >= 0.3 is 0 Å². The molecule has 3 rings (SSSR count). The van der Waals surface area contributed by atoms with Crippen molar-refractivity contribution >= 4 is 17.2 Å². The van der Waals surface area contributed by atoms with Gasteiger partial charge in [-0.15, -0.1) is 11.3 Å².